The number of amidine groups is 1. The van der Waals surface area contributed by atoms with Gasteiger partial charge in [-0.25, -0.2) is 4.99 Å². The van der Waals surface area contributed by atoms with Crippen molar-refractivity contribution in [1.29, 1.82) is 0 Å². The second kappa shape index (κ2) is 10.7. The molecule has 1 aliphatic heterocycles. The minimum atomic E-state index is -1.28. The number of carbonyl (C=O) groups is 2. The number of aromatic carboxylic acids is 1. The van der Waals surface area contributed by atoms with Gasteiger partial charge in [0.25, 0.3) is 5.91 Å². The maximum Gasteiger partial charge on any atom is 0.266 e. The van der Waals surface area contributed by atoms with E-state index in [1.165, 1.54) is 23.9 Å². The predicted molar refractivity (Wildman–Crippen MR) is 124 cm³/mol. The SMILES string of the molecule is C=CCOc1ccc(/C=C2\SC(=Nc3cccc(C(=O)[O-])c3)N(CC)C2=O)cc1OCC. The summed E-state index contributed by atoms with van der Waals surface area (Å²) >= 11 is 1.23. The third-order valence-corrected chi connectivity index (χ3v) is 5.44. The largest absolute Gasteiger partial charge is 0.545 e. The number of thioether (sulfide) groups is 1. The average molecular weight is 452 g/mol. The average Bonchev–Trinajstić information content (AvgIpc) is 3.07. The predicted octanol–water partition coefficient (Wildman–Crippen LogP) is 3.64. The summed E-state index contributed by atoms with van der Waals surface area (Å²) in [6.07, 6.45) is 3.43. The molecule has 0 spiro atoms. The van der Waals surface area contributed by atoms with Crippen LogP contribution in [0.15, 0.2) is 65.0 Å². The summed E-state index contributed by atoms with van der Waals surface area (Å²) in [7, 11) is 0. The number of rotatable bonds is 9. The number of hydrogen-bond acceptors (Lipinski definition) is 7. The van der Waals surface area contributed by atoms with Crippen LogP contribution in [0.25, 0.3) is 6.08 Å². The van der Waals surface area contributed by atoms with Crippen LogP contribution in [-0.4, -0.2) is 41.7 Å². The van der Waals surface area contributed by atoms with E-state index in [9.17, 15) is 14.7 Å². The van der Waals surface area contributed by atoms with Gasteiger partial charge in [0.15, 0.2) is 16.7 Å². The molecule has 0 aliphatic carbocycles. The van der Waals surface area contributed by atoms with Crippen molar-refractivity contribution in [2.24, 2.45) is 4.99 Å². The molecule has 1 amide bonds. The topological polar surface area (TPSA) is 91.3 Å². The van der Waals surface area contributed by atoms with Crippen LogP contribution in [0.5, 0.6) is 11.5 Å². The molecule has 0 N–H and O–H groups in total. The van der Waals surface area contributed by atoms with E-state index in [0.29, 0.717) is 47.0 Å². The summed E-state index contributed by atoms with van der Waals surface area (Å²) in [5.74, 6) is -0.262. The Kier molecular flexibility index (Phi) is 7.72. The van der Waals surface area contributed by atoms with Gasteiger partial charge in [0.1, 0.15) is 6.61 Å². The molecule has 3 rings (SSSR count). The molecule has 2 aromatic rings. The lowest BCUT2D eigenvalue weighted by Gasteiger charge is -2.12. The molecule has 32 heavy (non-hydrogen) atoms. The molecule has 7 nitrogen and oxygen atoms in total. The standard InChI is InChI=1S/C24H24N2O5S/c1-4-12-31-19-11-10-16(13-20(19)30-6-3)14-21-22(27)26(5-2)24(32-21)25-18-9-7-8-17(15-18)23(28)29/h4,7-11,13-15H,1,5-6,12H2,2-3H3,(H,28,29)/p-1/b21-14-,25-24?. The molecule has 0 atom stereocenters. The van der Waals surface area contributed by atoms with Crippen LogP contribution in [0.1, 0.15) is 29.8 Å². The lowest BCUT2D eigenvalue weighted by atomic mass is 10.2. The summed E-state index contributed by atoms with van der Waals surface area (Å²) in [4.78, 5) is 30.6. The van der Waals surface area contributed by atoms with E-state index < -0.39 is 5.97 Å². The van der Waals surface area contributed by atoms with E-state index in [1.807, 2.05) is 26.0 Å². The van der Waals surface area contributed by atoms with Gasteiger partial charge in [0.05, 0.1) is 23.2 Å². The van der Waals surface area contributed by atoms with Gasteiger partial charge in [0.2, 0.25) is 0 Å². The highest BCUT2D eigenvalue weighted by Crippen LogP contribution is 2.36. The number of carboxylic acids is 1. The summed E-state index contributed by atoms with van der Waals surface area (Å²) in [5, 5.41) is 11.6. The van der Waals surface area contributed by atoms with Crippen molar-refractivity contribution in [2.45, 2.75) is 13.8 Å². The normalized spacial score (nSPS) is 15.9. The van der Waals surface area contributed by atoms with Crippen molar-refractivity contribution in [3.05, 3.63) is 71.2 Å². The molecule has 1 saturated heterocycles. The number of carboxylic acid groups (broad SMARTS) is 1. The minimum absolute atomic E-state index is 0.0298. The number of benzene rings is 2. The van der Waals surface area contributed by atoms with Gasteiger partial charge in [-0.2, -0.15) is 0 Å². The van der Waals surface area contributed by atoms with Crippen LogP contribution >= 0.6 is 11.8 Å². The molecule has 0 aromatic heterocycles. The molecular weight excluding hydrogens is 428 g/mol. The van der Waals surface area contributed by atoms with Crippen LogP contribution in [0.4, 0.5) is 5.69 Å². The van der Waals surface area contributed by atoms with E-state index >= 15 is 0 Å². The zero-order chi connectivity index (χ0) is 23.1. The number of ether oxygens (including phenoxy) is 2. The summed E-state index contributed by atoms with van der Waals surface area (Å²) in [6, 6.07) is 11.6. The number of carbonyl (C=O) groups excluding carboxylic acids is 2. The monoisotopic (exact) mass is 451 g/mol. The van der Waals surface area contributed by atoms with Gasteiger partial charge in [-0.3, -0.25) is 9.69 Å². The molecule has 0 bridgehead atoms. The fourth-order valence-electron chi connectivity index (χ4n) is 2.99. The number of nitrogens with zero attached hydrogens (tertiary/aromatic N) is 2. The van der Waals surface area contributed by atoms with Crippen LogP contribution in [0.3, 0.4) is 0 Å². The maximum atomic E-state index is 12.9. The van der Waals surface area contributed by atoms with E-state index in [4.69, 9.17) is 9.47 Å². The smallest absolute Gasteiger partial charge is 0.266 e. The first-order chi connectivity index (χ1) is 15.5. The van der Waals surface area contributed by atoms with E-state index in [-0.39, 0.29) is 11.5 Å². The Morgan fingerprint density at radius 2 is 2.00 bits per heavy atom. The molecule has 1 fully saturated rings. The molecule has 166 valence electrons. The molecule has 1 heterocycles. The van der Waals surface area contributed by atoms with E-state index in [0.717, 1.165) is 5.56 Å². The van der Waals surface area contributed by atoms with Crippen molar-refractivity contribution >= 4 is 40.6 Å². The Labute approximate surface area is 191 Å². The van der Waals surface area contributed by atoms with Gasteiger partial charge in [-0.1, -0.05) is 30.9 Å². The number of amides is 1. The van der Waals surface area contributed by atoms with Crippen molar-refractivity contribution in [3.63, 3.8) is 0 Å². The Bertz CT molecular complexity index is 1090. The van der Waals surface area contributed by atoms with Crippen molar-refractivity contribution in [1.82, 2.24) is 4.90 Å². The highest BCUT2D eigenvalue weighted by atomic mass is 32.2. The first kappa shape index (κ1) is 23.1. The summed E-state index contributed by atoms with van der Waals surface area (Å²) in [6.45, 7) is 8.65. The molecule has 0 saturated carbocycles. The fraction of sp³-hybridized carbons (Fsp3) is 0.208. The Balaban J connectivity index is 1.91. The molecule has 2 aromatic carbocycles. The molecule has 0 radical (unpaired) electrons. The second-order valence-electron chi connectivity index (χ2n) is 6.63. The van der Waals surface area contributed by atoms with Crippen LogP contribution in [-0.2, 0) is 4.79 Å². The summed E-state index contributed by atoms with van der Waals surface area (Å²) < 4.78 is 11.3. The van der Waals surface area contributed by atoms with Gasteiger partial charge >= 0.3 is 0 Å². The number of aliphatic imine (C=N–C) groups is 1. The Hall–Kier alpha value is -3.52. The fourth-order valence-corrected chi connectivity index (χ4v) is 4.05. The Morgan fingerprint density at radius 3 is 2.69 bits per heavy atom. The quantitative estimate of drug-likeness (QED) is 0.427. The van der Waals surface area contributed by atoms with Gasteiger partial charge in [-0.05, 0) is 67.1 Å². The van der Waals surface area contributed by atoms with Gasteiger partial charge in [0, 0.05) is 6.54 Å². The zero-order valence-electron chi connectivity index (χ0n) is 17.9. The molecular formula is C24H23N2O5S-. The van der Waals surface area contributed by atoms with Crippen LogP contribution in [0, 0.1) is 0 Å². The molecule has 0 unspecified atom stereocenters. The summed E-state index contributed by atoms with van der Waals surface area (Å²) in [5.41, 5.74) is 1.25. The van der Waals surface area contributed by atoms with Crippen molar-refractivity contribution < 1.29 is 24.2 Å². The molecule has 8 heteroatoms. The van der Waals surface area contributed by atoms with Gasteiger partial charge in [-0.15, -0.1) is 0 Å². The first-order valence-electron chi connectivity index (χ1n) is 10.1. The first-order valence-corrected chi connectivity index (χ1v) is 10.9. The number of hydrogen-bond donors (Lipinski definition) is 0. The Morgan fingerprint density at radius 1 is 1.19 bits per heavy atom. The zero-order valence-corrected chi connectivity index (χ0v) is 18.7. The highest BCUT2D eigenvalue weighted by molar-refractivity contribution is 8.18. The second-order valence-corrected chi connectivity index (χ2v) is 7.64. The lowest BCUT2D eigenvalue weighted by molar-refractivity contribution is -0.255. The van der Waals surface area contributed by atoms with E-state index in [2.05, 4.69) is 11.6 Å². The maximum absolute atomic E-state index is 12.9. The third kappa shape index (κ3) is 5.39. The molecule has 1 aliphatic rings. The van der Waals surface area contributed by atoms with E-state index in [1.54, 1.807) is 35.3 Å². The van der Waals surface area contributed by atoms with Crippen molar-refractivity contribution in [2.75, 3.05) is 19.8 Å². The minimum Gasteiger partial charge on any atom is -0.545 e. The third-order valence-electron chi connectivity index (χ3n) is 4.43. The lowest BCUT2D eigenvalue weighted by Crippen LogP contribution is -2.28. The van der Waals surface area contributed by atoms with Crippen LogP contribution < -0.4 is 14.6 Å². The van der Waals surface area contributed by atoms with Gasteiger partial charge < -0.3 is 19.4 Å². The highest BCUT2D eigenvalue weighted by Gasteiger charge is 2.32. The van der Waals surface area contributed by atoms with Crippen LogP contribution in [0.2, 0.25) is 0 Å². The number of likely N-dealkylation sites (N-methyl/N-ethyl adjacent to an activating group) is 1. The van der Waals surface area contributed by atoms with Crippen molar-refractivity contribution in [3.8, 4) is 11.5 Å².